The van der Waals surface area contributed by atoms with Crippen LogP contribution < -0.4 is 5.73 Å². The number of nitrogens with zero attached hydrogens (tertiary/aromatic N) is 1. The van der Waals surface area contributed by atoms with Crippen molar-refractivity contribution in [1.82, 2.24) is 4.90 Å². The van der Waals surface area contributed by atoms with Crippen molar-refractivity contribution in [3.05, 3.63) is 0 Å². The van der Waals surface area contributed by atoms with E-state index in [-0.39, 0.29) is 0 Å². The van der Waals surface area contributed by atoms with Gasteiger partial charge in [-0.1, -0.05) is 27.7 Å². The predicted octanol–water partition coefficient (Wildman–Crippen LogP) is 2.58. The van der Waals surface area contributed by atoms with Gasteiger partial charge in [-0.25, -0.2) is 0 Å². The van der Waals surface area contributed by atoms with E-state index in [0.717, 1.165) is 17.7 Å². The molecule has 2 N–H and O–H groups in total. The van der Waals surface area contributed by atoms with Crippen LogP contribution in [0.25, 0.3) is 0 Å². The normalized spacial score (nSPS) is 40.1. The summed E-state index contributed by atoms with van der Waals surface area (Å²) in [4.78, 5) is 2.71. The first-order valence-electron chi connectivity index (χ1n) is 6.94. The lowest BCUT2D eigenvalue weighted by Crippen LogP contribution is -2.53. The second kappa shape index (κ2) is 4.75. The van der Waals surface area contributed by atoms with Gasteiger partial charge in [-0.2, -0.15) is 11.8 Å². The van der Waals surface area contributed by atoms with Crippen LogP contribution in [0.2, 0.25) is 0 Å². The van der Waals surface area contributed by atoms with Gasteiger partial charge in [0.1, 0.15) is 0 Å². The molecule has 0 aliphatic carbocycles. The first kappa shape index (κ1) is 13.7. The second-order valence-corrected chi connectivity index (χ2v) is 8.48. The summed E-state index contributed by atoms with van der Waals surface area (Å²) in [6, 6.07) is 0. The summed E-state index contributed by atoms with van der Waals surface area (Å²) in [5.74, 6) is 2.08. The fourth-order valence-corrected chi connectivity index (χ4v) is 4.78. The maximum absolute atomic E-state index is 6.11. The lowest BCUT2D eigenvalue weighted by molar-refractivity contribution is 0.125. The minimum absolute atomic E-state index is 0.310. The van der Waals surface area contributed by atoms with E-state index < -0.39 is 0 Å². The van der Waals surface area contributed by atoms with Gasteiger partial charge in [-0.3, -0.25) is 4.90 Å². The summed E-state index contributed by atoms with van der Waals surface area (Å²) in [5.41, 5.74) is 6.87. The zero-order valence-corrected chi connectivity index (χ0v) is 12.6. The average molecular weight is 256 g/mol. The van der Waals surface area contributed by atoms with Crippen molar-refractivity contribution >= 4 is 11.8 Å². The number of nitrogens with two attached hydrogens (primary N) is 1. The first-order valence-corrected chi connectivity index (χ1v) is 7.99. The molecule has 0 amide bonds. The highest BCUT2D eigenvalue weighted by Crippen LogP contribution is 2.43. The molecule has 3 heteroatoms. The van der Waals surface area contributed by atoms with Gasteiger partial charge < -0.3 is 5.73 Å². The minimum Gasteiger partial charge on any atom is -0.329 e. The fourth-order valence-electron chi connectivity index (χ4n) is 3.34. The summed E-state index contributed by atoms with van der Waals surface area (Å²) >= 11 is 2.10. The molecule has 2 heterocycles. The molecule has 0 radical (unpaired) electrons. The third-order valence-corrected chi connectivity index (χ3v) is 6.21. The number of hydrogen-bond acceptors (Lipinski definition) is 3. The van der Waals surface area contributed by atoms with Crippen molar-refractivity contribution < 1.29 is 0 Å². The molecule has 2 fully saturated rings. The van der Waals surface area contributed by atoms with Crippen molar-refractivity contribution in [1.29, 1.82) is 0 Å². The molecule has 3 atom stereocenters. The van der Waals surface area contributed by atoms with Gasteiger partial charge >= 0.3 is 0 Å². The third kappa shape index (κ3) is 2.66. The Morgan fingerprint density at radius 2 is 2.12 bits per heavy atom. The molecule has 0 aromatic heterocycles. The summed E-state index contributed by atoms with van der Waals surface area (Å²) in [7, 11) is 0. The Bertz CT molecular complexity index is 274. The Labute approximate surface area is 111 Å². The zero-order chi connectivity index (χ0) is 12.7. The molecule has 0 aromatic carbocycles. The van der Waals surface area contributed by atoms with Crippen molar-refractivity contribution in [2.24, 2.45) is 17.1 Å². The fraction of sp³-hybridized carbons (Fsp3) is 1.00. The molecular formula is C14H28N2S. The molecule has 0 saturated carbocycles. The van der Waals surface area contributed by atoms with Gasteiger partial charge in [0.2, 0.25) is 0 Å². The van der Waals surface area contributed by atoms with E-state index in [1.165, 1.54) is 31.7 Å². The van der Waals surface area contributed by atoms with Crippen LogP contribution in [0.4, 0.5) is 0 Å². The van der Waals surface area contributed by atoms with Crippen LogP contribution in [0.5, 0.6) is 0 Å². The van der Waals surface area contributed by atoms with Crippen LogP contribution in [0.1, 0.15) is 40.5 Å². The SMILES string of the molecule is CC1CC(CN)(N2CCC(C(C)(C)C)C2)CS1. The second-order valence-electron chi connectivity index (χ2n) is 7.05. The third-order valence-electron chi connectivity index (χ3n) is 4.77. The van der Waals surface area contributed by atoms with Crippen LogP contribution in [0, 0.1) is 11.3 Å². The molecule has 17 heavy (non-hydrogen) atoms. The summed E-state index contributed by atoms with van der Waals surface area (Å²) in [6.07, 6.45) is 2.63. The molecule has 2 rings (SSSR count). The van der Waals surface area contributed by atoms with Crippen LogP contribution >= 0.6 is 11.8 Å². The molecule has 0 bridgehead atoms. The Kier molecular flexibility index (Phi) is 3.82. The van der Waals surface area contributed by atoms with Gasteiger partial charge in [0.15, 0.2) is 0 Å². The van der Waals surface area contributed by atoms with Crippen molar-refractivity contribution in [2.45, 2.75) is 51.3 Å². The molecule has 2 aliphatic heterocycles. The monoisotopic (exact) mass is 256 g/mol. The average Bonchev–Trinajstić information content (AvgIpc) is 2.83. The maximum Gasteiger partial charge on any atom is 0.0432 e. The smallest absolute Gasteiger partial charge is 0.0432 e. The maximum atomic E-state index is 6.11. The topological polar surface area (TPSA) is 29.3 Å². The standard InChI is InChI=1S/C14H28N2S/c1-11-7-14(9-15,10-17-11)16-6-5-12(8-16)13(2,3)4/h11-12H,5-10,15H2,1-4H3. The number of hydrogen-bond donors (Lipinski definition) is 1. The Morgan fingerprint density at radius 3 is 2.53 bits per heavy atom. The highest BCUT2D eigenvalue weighted by molar-refractivity contribution is 8.00. The van der Waals surface area contributed by atoms with Crippen molar-refractivity contribution in [3.8, 4) is 0 Å². The molecule has 3 unspecified atom stereocenters. The van der Waals surface area contributed by atoms with E-state index in [9.17, 15) is 0 Å². The molecule has 0 aromatic rings. The molecule has 2 saturated heterocycles. The molecular weight excluding hydrogens is 228 g/mol. The Hall–Kier alpha value is 0.270. The van der Waals surface area contributed by atoms with E-state index in [2.05, 4.69) is 44.4 Å². The van der Waals surface area contributed by atoms with Gasteiger partial charge in [-0.15, -0.1) is 0 Å². The van der Waals surface area contributed by atoms with Crippen LogP contribution in [-0.2, 0) is 0 Å². The molecule has 100 valence electrons. The Balaban J connectivity index is 2.04. The van der Waals surface area contributed by atoms with E-state index in [1.54, 1.807) is 0 Å². The summed E-state index contributed by atoms with van der Waals surface area (Å²) in [5, 5.41) is 0.784. The van der Waals surface area contributed by atoms with Gasteiger partial charge in [0.25, 0.3) is 0 Å². The molecule has 2 nitrogen and oxygen atoms in total. The van der Waals surface area contributed by atoms with Crippen LogP contribution in [0.3, 0.4) is 0 Å². The van der Waals surface area contributed by atoms with E-state index in [4.69, 9.17) is 5.73 Å². The number of thioether (sulfide) groups is 1. The number of rotatable bonds is 2. The summed E-state index contributed by atoms with van der Waals surface area (Å²) in [6.45, 7) is 12.8. The number of likely N-dealkylation sites (tertiary alicyclic amines) is 1. The van der Waals surface area contributed by atoms with Gasteiger partial charge in [0.05, 0.1) is 0 Å². The zero-order valence-electron chi connectivity index (χ0n) is 11.8. The summed E-state index contributed by atoms with van der Waals surface area (Å²) < 4.78 is 0. The molecule has 0 spiro atoms. The van der Waals surface area contributed by atoms with E-state index in [0.29, 0.717) is 11.0 Å². The van der Waals surface area contributed by atoms with Crippen molar-refractivity contribution in [2.75, 3.05) is 25.4 Å². The lowest BCUT2D eigenvalue weighted by atomic mass is 9.80. The largest absolute Gasteiger partial charge is 0.329 e. The van der Waals surface area contributed by atoms with Crippen LogP contribution in [0.15, 0.2) is 0 Å². The lowest BCUT2D eigenvalue weighted by Gasteiger charge is -2.38. The highest BCUT2D eigenvalue weighted by Gasteiger charge is 2.45. The highest BCUT2D eigenvalue weighted by atomic mass is 32.2. The molecule has 2 aliphatic rings. The van der Waals surface area contributed by atoms with Crippen LogP contribution in [-0.4, -0.2) is 41.1 Å². The quantitative estimate of drug-likeness (QED) is 0.823. The van der Waals surface area contributed by atoms with E-state index in [1.807, 2.05) is 0 Å². The van der Waals surface area contributed by atoms with Crippen molar-refractivity contribution in [3.63, 3.8) is 0 Å². The Morgan fingerprint density at radius 1 is 1.41 bits per heavy atom. The van der Waals surface area contributed by atoms with Gasteiger partial charge in [-0.05, 0) is 30.7 Å². The minimum atomic E-state index is 0.310. The van der Waals surface area contributed by atoms with Gasteiger partial charge in [0, 0.05) is 29.6 Å². The predicted molar refractivity (Wildman–Crippen MR) is 77.5 cm³/mol. The first-order chi connectivity index (χ1) is 7.87. The van der Waals surface area contributed by atoms with E-state index >= 15 is 0 Å².